The first-order valence-electron chi connectivity index (χ1n) is 6.05. The second-order valence-electron chi connectivity index (χ2n) is 4.26. The fourth-order valence-corrected chi connectivity index (χ4v) is 1.97. The van der Waals surface area contributed by atoms with Crippen molar-refractivity contribution in [3.05, 3.63) is 52.1 Å². The number of rotatable bonds is 5. The van der Waals surface area contributed by atoms with Crippen LogP contribution in [0.4, 0.5) is 0 Å². The summed E-state index contributed by atoms with van der Waals surface area (Å²) < 4.78 is 6.11. The first kappa shape index (κ1) is 13.8. The molecule has 0 aliphatic carbocycles. The third-order valence-electron chi connectivity index (χ3n) is 2.65. The van der Waals surface area contributed by atoms with Gasteiger partial charge in [0.15, 0.2) is 5.89 Å². The molecule has 0 atom stereocenters. The molecular formula is C14H15BrN2O2. The van der Waals surface area contributed by atoms with E-state index in [4.69, 9.17) is 4.42 Å². The Hall–Kier alpha value is -1.62. The van der Waals surface area contributed by atoms with E-state index in [1.807, 2.05) is 24.3 Å². The summed E-state index contributed by atoms with van der Waals surface area (Å²) in [6.45, 7) is 2.37. The van der Waals surface area contributed by atoms with Crippen molar-refractivity contribution in [1.82, 2.24) is 10.3 Å². The van der Waals surface area contributed by atoms with Crippen molar-refractivity contribution in [1.29, 1.82) is 0 Å². The predicted molar refractivity (Wildman–Crippen MR) is 75.8 cm³/mol. The molecule has 1 heterocycles. The van der Waals surface area contributed by atoms with E-state index in [9.17, 15) is 4.79 Å². The molecule has 0 saturated carbocycles. The minimum absolute atomic E-state index is 0.0162. The number of nitrogens with zero attached hydrogens (tertiary/aromatic N) is 1. The van der Waals surface area contributed by atoms with E-state index in [1.165, 1.54) is 0 Å². The zero-order chi connectivity index (χ0) is 13.7. The van der Waals surface area contributed by atoms with Gasteiger partial charge in [0.1, 0.15) is 6.26 Å². The topological polar surface area (TPSA) is 55.1 Å². The number of aromatic nitrogens is 1. The van der Waals surface area contributed by atoms with Crippen LogP contribution in [0.1, 0.15) is 17.1 Å². The number of aryl methyl sites for hydroxylation is 1. The highest BCUT2D eigenvalue weighted by Crippen LogP contribution is 2.10. The van der Waals surface area contributed by atoms with E-state index in [-0.39, 0.29) is 5.91 Å². The van der Waals surface area contributed by atoms with Gasteiger partial charge in [0.2, 0.25) is 5.91 Å². The first-order valence-corrected chi connectivity index (χ1v) is 6.85. The number of benzene rings is 1. The van der Waals surface area contributed by atoms with E-state index in [1.54, 1.807) is 13.2 Å². The summed E-state index contributed by atoms with van der Waals surface area (Å²) in [5, 5.41) is 2.87. The lowest BCUT2D eigenvalue weighted by Gasteiger charge is -2.04. The maximum atomic E-state index is 11.7. The van der Waals surface area contributed by atoms with Crippen molar-refractivity contribution < 1.29 is 9.21 Å². The van der Waals surface area contributed by atoms with Gasteiger partial charge in [0.05, 0.1) is 12.1 Å². The van der Waals surface area contributed by atoms with E-state index >= 15 is 0 Å². The SMILES string of the molecule is Cc1nc(CCNC(=O)Cc2ccc(Br)cc2)co1. The largest absolute Gasteiger partial charge is 0.449 e. The van der Waals surface area contributed by atoms with Crippen molar-refractivity contribution >= 4 is 21.8 Å². The average Bonchev–Trinajstić information content (AvgIpc) is 2.78. The summed E-state index contributed by atoms with van der Waals surface area (Å²) in [6, 6.07) is 7.73. The van der Waals surface area contributed by atoms with Gasteiger partial charge in [-0.25, -0.2) is 4.98 Å². The molecule has 0 aliphatic heterocycles. The molecule has 0 aliphatic rings. The molecule has 1 aromatic carbocycles. The molecule has 1 aromatic heterocycles. The number of halogens is 1. The Morgan fingerprint density at radius 3 is 2.74 bits per heavy atom. The molecule has 1 N–H and O–H groups in total. The van der Waals surface area contributed by atoms with Crippen LogP contribution >= 0.6 is 15.9 Å². The van der Waals surface area contributed by atoms with Crippen molar-refractivity contribution in [3.8, 4) is 0 Å². The molecule has 2 rings (SSSR count). The van der Waals surface area contributed by atoms with Gasteiger partial charge in [-0.15, -0.1) is 0 Å². The summed E-state index contributed by atoms with van der Waals surface area (Å²) in [5.74, 6) is 0.665. The third kappa shape index (κ3) is 4.52. The number of hydrogen-bond donors (Lipinski definition) is 1. The molecule has 4 nitrogen and oxygen atoms in total. The fraction of sp³-hybridized carbons (Fsp3) is 0.286. The summed E-state index contributed by atoms with van der Waals surface area (Å²) in [6.07, 6.45) is 2.70. The first-order chi connectivity index (χ1) is 9.13. The van der Waals surface area contributed by atoms with Gasteiger partial charge >= 0.3 is 0 Å². The fourth-order valence-electron chi connectivity index (χ4n) is 1.70. The lowest BCUT2D eigenvalue weighted by Crippen LogP contribution is -2.27. The van der Waals surface area contributed by atoms with Gasteiger partial charge in [-0.2, -0.15) is 0 Å². The molecule has 1 amide bonds. The van der Waals surface area contributed by atoms with Crippen LogP contribution in [0, 0.1) is 6.92 Å². The highest BCUT2D eigenvalue weighted by molar-refractivity contribution is 9.10. The van der Waals surface area contributed by atoms with E-state index in [0.29, 0.717) is 25.3 Å². The maximum absolute atomic E-state index is 11.7. The van der Waals surface area contributed by atoms with Crippen molar-refractivity contribution in [2.24, 2.45) is 0 Å². The molecule has 5 heteroatoms. The Morgan fingerprint density at radius 2 is 2.11 bits per heavy atom. The summed E-state index contributed by atoms with van der Waals surface area (Å²) in [4.78, 5) is 15.9. The van der Waals surface area contributed by atoms with Crippen LogP contribution in [0.15, 0.2) is 39.4 Å². The minimum atomic E-state index is 0.0162. The molecule has 0 fully saturated rings. The van der Waals surface area contributed by atoms with Crippen LogP contribution in [0.5, 0.6) is 0 Å². The maximum Gasteiger partial charge on any atom is 0.224 e. The van der Waals surface area contributed by atoms with Gasteiger partial charge in [0, 0.05) is 24.4 Å². The molecule has 0 unspecified atom stereocenters. The lowest BCUT2D eigenvalue weighted by molar-refractivity contribution is -0.120. The van der Waals surface area contributed by atoms with Crippen molar-refractivity contribution in [3.63, 3.8) is 0 Å². The van der Waals surface area contributed by atoms with Crippen LogP contribution in [0.2, 0.25) is 0 Å². The van der Waals surface area contributed by atoms with E-state index in [2.05, 4.69) is 26.2 Å². The molecule has 19 heavy (non-hydrogen) atoms. The average molecular weight is 323 g/mol. The smallest absolute Gasteiger partial charge is 0.224 e. The van der Waals surface area contributed by atoms with Crippen LogP contribution in [0.25, 0.3) is 0 Å². The van der Waals surface area contributed by atoms with Crippen LogP contribution < -0.4 is 5.32 Å². The number of hydrogen-bond acceptors (Lipinski definition) is 3. The van der Waals surface area contributed by atoms with Crippen molar-refractivity contribution in [2.45, 2.75) is 19.8 Å². The monoisotopic (exact) mass is 322 g/mol. The number of nitrogens with one attached hydrogen (secondary N) is 1. The Labute approximate surface area is 120 Å². The Morgan fingerprint density at radius 1 is 1.37 bits per heavy atom. The van der Waals surface area contributed by atoms with E-state index in [0.717, 1.165) is 15.7 Å². The van der Waals surface area contributed by atoms with Gasteiger partial charge in [-0.3, -0.25) is 4.79 Å². The summed E-state index contributed by atoms with van der Waals surface area (Å²) in [5.41, 5.74) is 1.86. The van der Waals surface area contributed by atoms with Gasteiger partial charge < -0.3 is 9.73 Å². The summed E-state index contributed by atoms with van der Waals surface area (Å²) >= 11 is 3.37. The Balaban J connectivity index is 1.74. The minimum Gasteiger partial charge on any atom is -0.449 e. The molecular weight excluding hydrogens is 308 g/mol. The van der Waals surface area contributed by atoms with Crippen LogP contribution in [-0.4, -0.2) is 17.4 Å². The Bertz CT molecular complexity index is 549. The zero-order valence-electron chi connectivity index (χ0n) is 10.6. The quantitative estimate of drug-likeness (QED) is 0.920. The third-order valence-corrected chi connectivity index (χ3v) is 3.18. The van der Waals surface area contributed by atoms with Gasteiger partial charge in [0.25, 0.3) is 0 Å². The number of carbonyl (C=O) groups excluding carboxylic acids is 1. The standard InChI is InChI=1S/C14H15BrN2O2/c1-10-17-13(9-19-10)6-7-16-14(18)8-11-2-4-12(15)5-3-11/h2-5,9H,6-8H2,1H3,(H,16,18). The van der Waals surface area contributed by atoms with Gasteiger partial charge in [-0.1, -0.05) is 28.1 Å². The molecule has 0 bridgehead atoms. The number of oxazole rings is 1. The molecule has 0 spiro atoms. The molecule has 2 aromatic rings. The highest BCUT2D eigenvalue weighted by atomic mass is 79.9. The van der Waals surface area contributed by atoms with Crippen LogP contribution in [-0.2, 0) is 17.6 Å². The zero-order valence-corrected chi connectivity index (χ0v) is 12.2. The Kier molecular flexibility index (Phi) is 4.74. The predicted octanol–water partition coefficient (Wildman–Crippen LogP) is 2.65. The number of amides is 1. The van der Waals surface area contributed by atoms with Gasteiger partial charge in [-0.05, 0) is 17.7 Å². The van der Waals surface area contributed by atoms with Crippen molar-refractivity contribution in [2.75, 3.05) is 6.54 Å². The normalized spacial score (nSPS) is 10.4. The molecule has 0 radical (unpaired) electrons. The van der Waals surface area contributed by atoms with Crippen LogP contribution in [0.3, 0.4) is 0 Å². The second-order valence-corrected chi connectivity index (χ2v) is 5.18. The molecule has 100 valence electrons. The highest BCUT2D eigenvalue weighted by Gasteiger charge is 2.04. The van der Waals surface area contributed by atoms with E-state index < -0.39 is 0 Å². The lowest BCUT2D eigenvalue weighted by atomic mass is 10.1. The number of carbonyl (C=O) groups is 1. The second kappa shape index (κ2) is 6.52. The summed E-state index contributed by atoms with van der Waals surface area (Å²) in [7, 11) is 0. The molecule has 0 saturated heterocycles.